The molecule has 0 saturated heterocycles. The molecular weight excluding hydrogens is 391 g/mol. The summed E-state index contributed by atoms with van der Waals surface area (Å²) in [6, 6.07) is 12.9. The Balaban J connectivity index is 1.89. The molecule has 0 spiro atoms. The van der Waals surface area contributed by atoms with E-state index in [1.807, 2.05) is 6.92 Å². The van der Waals surface area contributed by atoms with E-state index in [-0.39, 0.29) is 5.82 Å². The molecule has 0 atom stereocenters. The number of carbonyl (C=O) groups is 1. The van der Waals surface area contributed by atoms with Crippen molar-refractivity contribution in [3.8, 4) is 11.3 Å². The number of benzene rings is 2. The summed E-state index contributed by atoms with van der Waals surface area (Å²) in [5.74, 6) is -0.465. The van der Waals surface area contributed by atoms with Crippen LogP contribution in [0.5, 0.6) is 0 Å². The van der Waals surface area contributed by atoms with E-state index in [1.54, 1.807) is 24.3 Å². The number of hydrogen-bond acceptors (Lipinski definition) is 3. The number of rotatable bonds is 4. The molecule has 0 unspecified atom stereocenters. The van der Waals surface area contributed by atoms with Gasteiger partial charge in [-0.1, -0.05) is 23.7 Å². The van der Waals surface area contributed by atoms with E-state index in [1.165, 1.54) is 29.3 Å². The third-order valence-electron chi connectivity index (χ3n) is 4.05. The standard InChI is InChI=1S/C20H15ClF3N3O/c1-2-27(16-9-7-15(21)8-10-16)19(28)18-25-12-11-17(26-18)13-3-5-14(6-4-13)20(22,23)24/h3-12H,2H2,1H3. The highest BCUT2D eigenvalue weighted by Crippen LogP contribution is 2.30. The molecule has 0 saturated carbocycles. The van der Waals surface area contributed by atoms with E-state index < -0.39 is 17.6 Å². The number of halogens is 4. The van der Waals surface area contributed by atoms with Gasteiger partial charge in [0, 0.05) is 29.0 Å². The zero-order valence-corrected chi connectivity index (χ0v) is 15.5. The molecule has 1 aromatic heterocycles. The van der Waals surface area contributed by atoms with Crippen LogP contribution in [0, 0.1) is 0 Å². The molecule has 3 rings (SSSR count). The Morgan fingerprint density at radius 1 is 1.04 bits per heavy atom. The van der Waals surface area contributed by atoms with Crippen molar-refractivity contribution < 1.29 is 18.0 Å². The third-order valence-corrected chi connectivity index (χ3v) is 4.31. The highest BCUT2D eigenvalue weighted by molar-refractivity contribution is 6.30. The molecule has 0 aliphatic rings. The maximum absolute atomic E-state index is 12.8. The molecule has 0 fully saturated rings. The zero-order valence-electron chi connectivity index (χ0n) is 14.7. The fourth-order valence-corrected chi connectivity index (χ4v) is 2.76. The number of nitrogens with zero attached hydrogens (tertiary/aromatic N) is 3. The Morgan fingerprint density at radius 3 is 2.25 bits per heavy atom. The molecule has 144 valence electrons. The second-order valence-electron chi connectivity index (χ2n) is 5.87. The molecule has 1 heterocycles. The van der Waals surface area contributed by atoms with E-state index in [2.05, 4.69) is 9.97 Å². The summed E-state index contributed by atoms with van der Waals surface area (Å²) in [4.78, 5) is 22.6. The van der Waals surface area contributed by atoms with Gasteiger partial charge in [0.15, 0.2) is 0 Å². The normalized spacial score (nSPS) is 11.3. The smallest absolute Gasteiger partial charge is 0.306 e. The lowest BCUT2D eigenvalue weighted by Gasteiger charge is -2.20. The summed E-state index contributed by atoms with van der Waals surface area (Å²) in [6.45, 7) is 2.19. The predicted molar refractivity (Wildman–Crippen MR) is 101 cm³/mol. The maximum Gasteiger partial charge on any atom is 0.416 e. The number of alkyl halides is 3. The summed E-state index contributed by atoms with van der Waals surface area (Å²) < 4.78 is 38.2. The van der Waals surface area contributed by atoms with Crippen molar-refractivity contribution in [3.05, 3.63) is 77.2 Å². The molecule has 0 radical (unpaired) electrons. The summed E-state index contributed by atoms with van der Waals surface area (Å²) >= 11 is 5.89. The lowest BCUT2D eigenvalue weighted by Crippen LogP contribution is -2.32. The third kappa shape index (κ3) is 4.31. The molecule has 3 aromatic rings. The van der Waals surface area contributed by atoms with E-state index in [0.717, 1.165) is 12.1 Å². The fraction of sp³-hybridized carbons (Fsp3) is 0.150. The molecule has 2 aromatic carbocycles. The summed E-state index contributed by atoms with van der Waals surface area (Å²) in [5.41, 5.74) is 0.708. The van der Waals surface area contributed by atoms with Gasteiger partial charge < -0.3 is 4.90 Å². The average Bonchev–Trinajstić information content (AvgIpc) is 2.69. The van der Waals surface area contributed by atoms with Crippen LogP contribution >= 0.6 is 11.6 Å². The van der Waals surface area contributed by atoms with Crippen molar-refractivity contribution in [3.63, 3.8) is 0 Å². The summed E-state index contributed by atoms with van der Waals surface area (Å²) in [6.07, 6.45) is -3.01. The number of anilines is 1. The minimum absolute atomic E-state index is 0.0470. The van der Waals surface area contributed by atoms with Gasteiger partial charge in [-0.25, -0.2) is 9.97 Å². The van der Waals surface area contributed by atoms with Crippen molar-refractivity contribution in [2.24, 2.45) is 0 Å². The molecule has 4 nitrogen and oxygen atoms in total. The van der Waals surface area contributed by atoms with Crippen LogP contribution in [-0.2, 0) is 6.18 Å². The van der Waals surface area contributed by atoms with Crippen molar-refractivity contribution in [1.82, 2.24) is 9.97 Å². The topological polar surface area (TPSA) is 46.1 Å². The van der Waals surface area contributed by atoms with Gasteiger partial charge in [0.2, 0.25) is 5.82 Å². The first-order valence-corrected chi connectivity index (χ1v) is 8.75. The summed E-state index contributed by atoms with van der Waals surface area (Å²) in [5, 5.41) is 0.549. The lowest BCUT2D eigenvalue weighted by molar-refractivity contribution is -0.137. The highest BCUT2D eigenvalue weighted by Gasteiger charge is 2.30. The average molecular weight is 406 g/mol. The van der Waals surface area contributed by atoms with E-state index in [9.17, 15) is 18.0 Å². The van der Waals surface area contributed by atoms with Gasteiger partial charge in [-0.2, -0.15) is 13.2 Å². The van der Waals surface area contributed by atoms with Crippen LogP contribution in [0.15, 0.2) is 60.8 Å². The number of hydrogen-bond donors (Lipinski definition) is 0. The number of amides is 1. The first kappa shape index (κ1) is 19.8. The molecule has 8 heteroatoms. The van der Waals surface area contributed by atoms with Crippen molar-refractivity contribution >= 4 is 23.2 Å². The fourth-order valence-electron chi connectivity index (χ4n) is 2.64. The van der Waals surface area contributed by atoms with Gasteiger partial charge in [0.25, 0.3) is 5.91 Å². The van der Waals surface area contributed by atoms with Gasteiger partial charge in [0.05, 0.1) is 11.3 Å². The molecule has 0 aliphatic heterocycles. The van der Waals surface area contributed by atoms with Crippen LogP contribution < -0.4 is 4.90 Å². The molecular formula is C20H15ClF3N3O. The monoisotopic (exact) mass is 405 g/mol. The Kier molecular flexibility index (Phi) is 5.65. The quantitative estimate of drug-likeness (QED) is 0.577. The van der Waals surface area contributed by atoms with Gasteiger partial charge in [-0.05, 0) is 49.4 Å². The van der Waals surface area contributed by atoms with E-state index in [0.29, 0.717) is 28.5 Å². The predicted octanol–water partition coefficient (Wildman–Crippen LogP) is 5.48. The Bertz CT molecular complexity index is 973. The Hall–Kier alpha value is -2.93. The minimum Gasteiger partial charge on any atom is -0.306 e. The van der Waals surface area contributed by atoms with Gasteiger partial charge >= 0.3 is 6.18 Å². The molecule has 0 aliphatic carbocycles. The second-order valence-corrected chi connectivity index (χ2v) is 6.30. The highest BCUT2D eigenvalue weighted by atomic mass is 35.5. The lowest BCUT2D eigenvalue weighted by atomic mass is 10.1. The largest absolute Gasteiger partial charge is 0.416 e. The SMILES string of the molecule is CCN(C(=O)c1nccc(-c2ccc(C(F)(F)F)cc2)n1)c1ccc(Cl)cc1. The summed E-state index contributed by atoms with van der Waals surface area (Å²) in [7, 11) is 0. The van der Waals surface area contributed by atoms with Gasteiger partial charge in [-0.15, -0.1) is 0 Å². The van der Waals surface area contributed by atoms with Crippen LogP contribution in [0.1, 0.15) is 23.1 Å². The van der Waals surface area contributed by atoms with Crippen molar-refractivity contribution in [2.45, 2.75) is 13.1 Å². The zero-order chi connectivity index (χ0) is 20.3. The molecule has 28 heavy (non-hydrogen) atoms. The second kappa shape index (κ2) is 7.98. The van der Waals surface area contributed by atoms with Crippen molar-refractivity contribution in [1.29, 1.82) is 0 Å². The van der Waals surface area contributed by atoms with Crippen LogP contribution in [0.4, 0.5) is 18.9 Å². The number of aromatic nitrogens is 2. The molecule has 0 N–H and O–H groups in total. The van der Waals surface area contributed by atoms with E-state index in [4.69, 9.17) is 11.6 Å². The Morgan fingerprint density at radius 2 is 1.68 bits per heavy atom. The van der Waals surface area contributed by atoms with Crippen LogP contribution in [0.3, 0.4) is 0 Å². The van der Waals surface area contributed by atoms with Crippen LogP contribution in [0.25, 0.3) is 11.3 Å². The van der Waals surface area contributed by atoms with Gasteiger partial charge in [0.1, 0.15) is 0 Å². The first-order chi connectivity index (χ1) is 13.3. The minimum atomic E-state index is -4.41. The van der Waals surface area contributed by atoms with Crippen molar-refractivity contribution in [2.75, 3.05) is 11.4 Å². The van der Waals surface area contributed by atoms with Crippen LogP contribution in [0.2, 0.25) is 5.02 Å². The Labute approximate surface area is 164 Å². The number of carbonyl (C=O) groups excluding carboxylic acids is 1. The maximum atomic E-state index is 12.8. The van der Waals surface area contributed by atoms with Gasteiger partial charge in [-0.3, -0.25) is 4.79 Å². The molecule has 0 bridgehead atoms. The molecule has 1 amide bonds. The van der Waals surface area contributed by atoms with Crippen LogP contribution in [-0.4, -0.2) is 22.4 Å². The van der Waals surface area contributed by atoms with E-state index >= 15 is 0 Å². The first-order valence-electron chi connectivity index (χ1n) is 8.37.